The van der Waals surface area contributed by atoms with Gasteiger partial charge in [0.15, 0.2) is 11.5 Å². The van der Waals surface area contributed by atoms with Crippen molar-refractivity contribution >= 4 is 11.6 Å². The van der Waals surface area contributed by atoms with E-state index in [-0.39, 0.29) is 5.54 Å². The minimum absolute atomic E-state index is 0.266. The van der Waals surface area contributed by atoms with Gasteiger partial charge in [0, 0.05) is 12.1 Å². The van der Waals surface area contributed by atoms with Crippen molar-refractivity contribution in [1.82, 2.24) is 5.32 Å². The van der Waals surface area contributed by atoms with E-state index in [1.807, 2.05) is 13.0 Å². The summed E-state index contributed by atoms with van der Waals surface area (Å²) in [5.74, 6) is 2.25. The minimum Gasteiger partial charge on any atom is -0.490 e. The maximum atomic E-state index is 6.73. The minimum atomic E-state index is 0.266. The summed E-state index contributed by atoms with van der Waals surface area (Å²) in [5, 5.41) is 4.64. The molecule has 0 radical (unpaired) electrons. The lowest BCUT2D eigenvalue weighted by Gasteiger charge is -2.65. The number of hydrogen-bond donors (Lipinski definition) is 1. The van der Waals surface area contributed by atoms with E-state index in [2.05, 4.69) is 56.4 Å². The Hall–Kier alpha value is -1.71. The molecule has 178 valence electrons. The number of benzene rings is 2. The molecule has 4 aliphatic rings. The third-order valence-electron chi connectivity index (χ3n) is 8.17. The van der Waals surface area contributed by atoms with Crippen molar-refractivity contribution in [2.75, 3.05) is 6.61 Å². The third kappa shape index (κ3) is 4.77. The molecule has 0 aliphatic heterocycles. The molecule has 33 heavy (non-hydrogen) atoms. The summed E-state index contributed by atoms with van der Waals surface area (Å²) in [4.78, 5) is 0. The monoisotopic (exact) mass is 467 g/mol. The van der Waals surface area contributed by atoms with Gasteiger partial charge in [0.05, 0.1) is 11.6 Å². The van der Waals surface area contributed by atoms with E-state index in [4.69, 9.17) is 21.1 Å². The van der Waals surface area contributed by atoms with E-state index in [1.165, 1.54) is 44.1 Å². The van der Waals surface area contributed by atoms with E-state index in [1.54, 1.807) is 0 Å². The first-order valence-corrected chi connectivity index (χ1v) is 13.0. The predicted octanol–water partition coefficient (Wildman–Crippen LogP) is 7.46. The fourth-order valence-corrected chi connectivity index (χ4v) is 8.19. The Morgan fingerprint density at radius 1 is 0.939 bits per heavy atom. The standard InChI is InChI=1S/C29H38ClNO2/c1-5-32-25-11-22(10-24(30)26(25)33-16-21-8-6-20(2)7-9-21)15-31-29-14-23-12-27(3,18-29)17-28(4,13-23)19-29/h6-11,23,31H,5,12-19H2,1-4H3/t23?,27-,28+,29?. The van der Waals surface area contributed by atoms with Crippen LogP contribution in [0.15, 0.2) is 36.4 Å². The van der Waals surface area contributed by atoms with Gasteiger partial charge in [0.25, 0.3) is 0 Å². The van der Waals surface area contributed by atoms with Crippen molar-refractivity contribution in [1.29, 1.82) is 0 Å². The van der Waals surface area contributed by atoms with E-state index < -0.39 is 0 Å². The highest BCUT2D eigenvalue weighted by molar-refractivity contribution is 6.32. The van der Waals surface area contributed by atoms with Crippen LogP contribution in [0.3, 0.4) is 0 Å². The summed E-state index contributed by atoms with van der Waals surface area (Å²) in [7, 11) is 0. The second-order valence-corrected chi connectivity index (χ2v) is 12.3. The Morgan fingerprint density at radius 3 is 2.27 bits per heavy atom. The molecule has 3 nitrogen and oxygen atoms in total. The highest BCUT2D eigenvalue weighted by Crippen LogP contribution is 2.66. The molecule has 0 heterocycles. The zero-order chi connectivity index (χ0) is 23.3. The summed E-state index contributed by atoms with van der Waals surface area (Å²) in [5.41, 5.74) is 4.80. The molecular weight excluding hydrogens is 430 g/mol. The molecule has 4 heteroatoms. The summed E-state index contributed by atoms with van der Waals surface area (Å²) >= 11 is 6.73. The summed E-state index contributed by atoms with van der Waals surface area (Å²) < 4.78 is 12.1. The molecule has 4 aliphatic carbocycles. The van der Waals surface area contributed by atoms with Crippen molar-refractivity contribution in [2.24, 2.45) is 16.7 Å². The zero-order valence-corrected chi connectivity index (χ0v) is 21.4. The molecule has 2 aromatic carbocycles. The highest BCUT2D eigenvalue weighted by atomic mass is 35.5. The predicted molar refractivity (Wildman–Crippen MR) is 135 cm³/mol. The Labute approximate surface area is 204 Å². The maximum absolute atomic E-state index is 6.73. The molecule has 0 amide bonds. The SMILES string of the molecule is CCOc1cc(CNC23CC4C[C@@](C)(C2)C[C@](C)(C4)C3)cc(Cl)c1OCc1ccc(C)cc1. The number of halogens is 1. The summed E-state index contributed by atoms with van der Waals surface area (Å²) in [6, 6.07) is 12.5. The van der Waals surface area contributed by atoms with Crippen LogP contribution in [0.2, 0.25) is 5.02 Å². The lowest BCUT2D eigenvalue weighted by molar-refractivity contribution is -0.118. The van der Waals surface area contributed by atoms with Gasteiger partial charge in [-0.05, 0) is 92.4 Å². The average Bonchev–Trinajstić information content (AvgIpc) is 2.71. The molecule has 0 saturated heterocycles. The van der Waals surface area contributed by atoms with Crippen molar-refractivity contribution < 1.29 is 9.47 Å². The highest BCUT2D eigenvalue weighted by Gasteiger charge is 2.59. The largest absolute Gasteiger partial charge is 0.490 e. The molecule has 4 fully saturated rings. The van der Waals surface area contributed by atoms with Gasteiger partial charge in [-0.3, -0.25) is 0 Å². The van der Waals surface area contributed by atoms with Crippen molar-refractivity contribution in [2.45, 2.75) is 84.9 Å². The van der Waals surface area contributed by atoms with Gasteiger partial charge in [0.2, 0.25) is 0 Å². The van der Waals surface area contributed by atoms with Gasteiger partial charge in [0.1, 0.15) is 6.61 Å². The molecule has 2 aromatic rings. The van der Waals surface area contributed by atoms with Crippen LogP contribution in [0.1, 0.15) is 76.0 Å². The smallest absolute Gasteiger partial charge is 0.180 e. The van der Waals surface area contributed by atoms with Gasteiger partial charge >= 0.3 is 0 Å². The lowest BCUT2D eigenvalue weighted by atomic mass is 9.43. The van der Waals surface area contributed by atoms with Gasteiger partial charge in [-0.15, -0.1) is 0 Å². The first-order valence-electron chi connectivity index (χ1n) is 12.6. The van der Waals surface area contributed by atoms with E-state index >= 15 is 0 Å². The van der Waals surface area contributed by atoms with Crippen LogP contribution >= 0.6 is 11.6 Å². The van der Waals surface area contributed by atoms with Crippen LogP contribution < -0.4 is 14.8 Å². The van der Waals surface area contributed by atoms with E-state index in [0.717, 1.165) is 29.3 Å². The van der Waals surface area contributed by atoms with Gasteiger partial charge < -0.3 is 14.8 Å². The summed E-state index contributed by atoms with van der Waals surface area (Å²) in [6.07, 6.45) is 8.15. The third-order valence-corrected chi connectivity index (χ3v) is 8.45. The lowest BCUT2D eigenvalue weighted by Crippen LogP contribution is -2.63. The van der Waals surface area contributed by atoms with Crippen LogP contribution in [0.25, 0.3) is 0 Å². The second kappa shape index (κ2) is 8.50. The first kappa shape index (κ1) is 23.1. The molecule has 4 saturated carbocycles. The Kier molecular flexibility index (Phi) is 5.94. The van der Waals surface area contributed by atoms with Crippen LogP contribution in [0, 0.1) is 23.7 Å². The van der Waals surface area contributed by atoms with Crippen molar-refractivity contribution in [3.05, 3.63) is 58.1 Å². The number of nitrogens with one attached hydrogen (secondary N) is 1. The van der Waals surface area contributed by atoms with Gasteiger partial charge in [-0.1, -0.05) is 55.3 Å². The van der Waals surface area contributed by atoms with Crippen LogP contribution in [-0.2, 0) is 13.2 Å². The molecule has 2 unspecified atom stereocenters. The number of aryl methyl sites for hydroxylation is 1. The van der Waals surface area contributed by atoms with Crippen molar-refractivity contribution in [3.63, 3.8) is 0 Å². The van der Waals surface area contributed by atoms with E-state index in [9.17, 15) is 0 Å². The van der Waals surface area contributed by atoms with Gasteiger partial charge in [-0.2, -0.15) is 0 Å². The second-order valence-electron chi connectivity index (χ2n) is 11.9. The number of ether oxygens (including phenoxy) is 2. The maximum Gasteiger partial charge on any atom is 0.180 e. The number of rotatable bonds is 8. The van der Waals surface area contributed by atoms with Crippen LogP contribution in [0.5, 0.6) is 11.5 Å². The molecular formula is C29H38ClNO2. The Bertz CT molecular complexity index is 999. The van der Waals surface area contributed by atoms with Gasteiger partial charge in [-0.25, -0.2) is 0 Å². The average molecular weight is 468 g/mol. The molecule has 1 N–H and O–H groups in total. The van der Waals surface area contributed by atoms with Crippen LogP contribution in [0.4, 0.5) is 0 Å². The molecule has 0 aromatic heterocycles. The number of hydrogen-bond acceptors (Lipinski definition) is 3. The fourth-order valence-electron chi connectivity index (χ4n) is 7.90. The van der Waals surface area contributed by atoms with Crippen molar-refractivity contribution in [3.8, 4) is 11.5 Å². The normalized spacial score (nSPS) is 32.2. The Morgan fingerprint density at radius 2 is 1.64 bits per heavy atom. The molecule has 4 bridgehead atoms. The van der Waals surface area contributed by atoms with Crippen LogP contribution in [-0.4, -0.2) is 12.1 Å². The van der Waals surface area contributed by atoms with E-state index in [0.29, 0.717) is 34.8 Å². The molecule has 6 rings (SSSR count). The molecule has 4 atom stereocenters. The zero-order valence-electron chi connectivity index (χ0n) is 20.6. The quantitative estimate of drug-likeness (QED) is 0.436. The first-order chi connectivity index (χ1) is 15.7. The molecule has 0 spiro atoms. The topological polar surface area (TPSA) is 30.5 Å². The summed E-state index contributed by atoms with van der Waals surface area (Å²) in [6.45, 7) is 11.0. The Balaban J connectivity index is 1.31. The fraction of sp³-hybridized carbons (Fsp3) is 0.586.